The van der Waals surface area contributed by atoms with Crippen LogP contribution in [-0.4, -0.2) is 18.2 Å². The van der Waals surface area contributed by atoms with E-state index in [9.17, 15) is 9.36 Å². The van der Waals surface area contributed by atoms with E-state index >= 15 is 0 Å². The zero-order valence-corrected chi connectivity index (χ0v) is 8.85. The maximum absolute atomic E-state index is 11.7. The van der Waals surface area contributed by atoms with E-state index in [0.29, 0.717) is 5.75 Å². The SMILES string of the molecule is O=C1CC([P+](=O)Oc2ccccc2)CO1. The van der Waals surface area contributed by atoms with E-state index in [2.05, 4.69) is 0 Å². The molecule has 78 valence electrons. The van der Waals surface area contributed by atoms with Crippen molar-refractivity contribution < 1.29 is 18.6 Å². The van der Waals surface area contributed by atoms with E-state index in [1.165, 1.54) is 0 Å². The van der Waals surface area contributed by atoms with Gasteiger partial charge in [-0.05, 0) is 16.7 Å². The van der Waals surface area contributed by atoms with Gasteiger partial charge in [-0.3, -0.25) is 9.32 Å². The quantitative estimate of drug-likeness (QED) is 0.584. The summed E-state index contributed by atoms with van der Waals surface area (Å²) >= 11 is 0. The molecule has 0 saturated carbocycles. The number of cyclic esters (lactones) is 1. The molecule has 15 heavy (non-hydrogen) atoms. The summed E-state index contributed by atoms with van der Waals surface area (Å²) in [5.41, 5.74) is -0.312. The molecule has 0 aliphatic carbocycles. The summed E-state index contributed by atoms with van der Waals surface area (Å²) < 4.78 is 21.6. The molecule has 1 aliphatic heterocycles. The zero-order valence-electron chi connectivity index (χ0n) is 7.96. The Morgan fingerprint density at radius 3 is 2.67 bits per heavy atom. The van der Waals surface area contributed by atoms with Gasteiger partial charge in [-0.2, -0.15) is 0 Å². The van der Waals surface area contributed by atoms with E-state index in [-0.39, 0.29) is 24.7 Å². The first-order valence-corrected chi connectivity index (χ1v) is 5.85. The molecular formula is C10H10O4P+. The number of para-hydroxylation sites is 1. The number of rotatable bonds is 3. The number of carbonyl (C=O) groups excluding carboxylic acids is 1. The second-order valence-electron chi connectivity index (χ2n) is 3.23. The molecule has 4 nitrogen and oxygen atoms in total. The van der Waals surface area contributed by atoms with Crippen molar-refractivity contribution in [1.29, 1.82) is 0 Å². The van der Waals surface area contributed by atoms with Crippen LogP contribution in [0.5, 0.6) is 5.75 Å². The Bertz CT molecular complexity index is 376. The maximum atomic E-state index is 11.7. The van der Waals surface area contributed by atoms with Crippen LogP contribution in [0.1, 0.15) is 6.42 Å². The molecule has 2 unspecified atom stereocenters. The van der Waals surface area contributed by atoms with Gasteiger partial charge in [0, 0.05) is 0 Å². The fraction of sp³-hybridized carbons (Fsp3) is 0.300. The van der Waals surface area contributed by atoms with Gasteiger partial charge in [0.05, 0.1) is 6.42 Å². The first-order valence-electron chi connectivity index (χ1n) is 4.61. The lowest BCUT2D eigenvalue weighted by atomic mass is 10.3. The lowest BCUT2D eigenvalue weighted by Crippen LogP contribution is -2.03. The van der Waals surface area contributed by atoms with Crippen molar-refractivity contribution in [2.75, 3.05) is 6.61 Å². The number of carbonyl (C=O) groups is 1. The maximum Gasteiger partial charge on any atom is 0.563 e. The molecule has 0 aromatic heterocycles. The van der Waals surface area contributed by atoms with Gasteiger partial charge in [-0.15, -0.1) is 0 Å². The molecule has 1 aliphatic rings. The third-order valence-electron chi connectivity index (χ3n) is 2.08. The second kappa shape index (κ2) is 4.41. The van der Waals surface area contributed by atoms with Crippen molar-refractivity contribution in [3.63, 3.8) is 0 Å². The normalized spacial score (nSPS) is 20.9. The molecular weight excluding hydrogens is 215 g/mol. The third-order valence-corrected chi connectivity index (χ3v) is 3.39. The predicted octanol–water partition coefficient (Wildman–Crippen LogP) is 2.12. The molecule has 0 N–H and O–H groups in total. The van der Waals surface area contributed by atoms with Gasteiger partial charge in [-0.25, -0.2) is 0 Å². The first-order chi connectivity index (χ1) is 7.25. The first kappa shape index (κ1) is 10.1. The number of hydrogen-bond donors (Lipinski definition) is 0. The largest absolute Gasteiger partial charge is 0.563 e. The third kappa shape index (κ3) is 2.54. The Kier molecular flexibility index (Phi) is 2.97. The Labute approximate surface area is 88.1 Å². The molecule has 2 rings (SSSR count). The Morgan fingerprint density at radius 2 is 2.07 bits per heavy atom. The molecule has 1 saturated heterocycles. The van der Waals surface area contributed by atoms with E-state index in [0.717, 1.165) is 0 Å². The molecule has 0 amide bonds. The molecule has 1 fully saturated rings. The van der Waals surface area contributed by atoms with Gasteiger partial charge in [0.2, 0.25) is 5.66 Å². The van der Waals surface area contributed by atoms with Crippen molar-refractivity contribution >= 4 is 14.0 Å². The van der Waals surface area contributed by atoms with Crippen LogP contribution in [-0.2, 0) is 14.1 Å². The molecule has 2 atom stereocenters. The van der Waals surface area contributed by atoms with Crippen molar-refractivity contribution in [1.82, 2.24) is 0 Å². The van der Waals surface area contributed by atoms with E-state index in [1.54, 1.807) is 24.3 Å². The predicted molar refractivity (Wildman–Crippen MR) is 54.0 cm³/mol. The van der Waals surface area contributed by atoms with Gasteiger partial charge < -0.3 is 4.74 Å². The Balaban J connectivity index is 1.96. The van der Waals surface area contributed by atoms with Gasteiger partial charge in [0.15, 0.2) is 5.75 Å². The van der Waals surface area contributed by atoms with Gasteiger partial charge >= 0.3 is 14.0 Å². The van der Waals surface area contributed by atoms with Crippen LogP contribution in [0, 0.1) is 0 Å². The van der Waals surface area contributed by atoms with E-state index in [4.69, 9.17) is 9.26 Å². The average molecular weight is 225 g/mol. The highest BCUT2D eigenvalue weighted by Gasteiger charge is 2.42. The minimum Gasteiger partial charge on any atom is -0.461 e. The van der Waals surface area contributed by atoms with Crippen LogP contribution < -0.4 is 4.52 Å². The van der Waals surface area contributed by atoms with Gasteiger partial charge in [-0.1, -0.05) is 18.2 Å². The summed E-state index contributed by atoms with van der Waals surface area (Å²) in [6, 6.07) is 8.90. The minimum atomic E-state index is -1.88. The highest BCUT2D eigenvalue weighted by atomic mass is 31.1. The van der Waals surface area contributed by atoms with Crippen LogP contribution in [0.4, 0.5) is 0 Å². The summed E-state index contributed by atoms with van der Waals surface area (Å²) in [5, 5.41) is 0. The molecule has 1 aromatic rings. The highest BCUT2D eigenvalue weighted by molar-refractivity contribution is 7.40. The standard InChI is InChI=1S/C10H10O4P/c11-10-6-9(7-13-10)15(12)14-8-4-2-1-3-5-8/h1-5,9H,6-7H2/q+1. The topological polar surface area (TPSA) is 52.6 Å². The van der Waals surface area contributed by atoms with Crippen LogP contribution in [0.15, 0.2) is 30.3 Å². The van der Waals surface area contributed by atoms with Crippen LogP contribution >= 0.6 is 8.03 Å². The van der Waals surface area contributed by atoms with Gasteiger partial charge in [0.25, 0.3) is 0 Å². The van der Waals surface area contributed by atoms with Crippen LogP contribution in [0.2, 0.25) is 0 Å². The Morgan fingerprint density at radius 1 is 1.33 bits per heavy atom. The second-order valence-corrected chi connectivity index (χ2v) is 4.71. The zero-order chi connectivity index (χ0) is 10.7. The Hall–Kier alpha value is -1.41. The monoisotopic (exact) mass is 225 g/mol. The number of ether oxygens (including phenoxy) is 1. The van der Waals surface area contributed by atoms with Crippen LogP contribution in [0.25, 0.3) is 0 Å². The van der Waals surface area contributed by atoms with E-state index in [1.807, 2.05) is 6.07 Å². The van der Waals surface area contributed by atoms with Crippen LogP contribution in [0.3, 0.4) is 0 Å². The lowest BCUT2D eigenvalue weighted by Gasteiger charge is -1.94. The molecule has 5 heteroatoms. The summed E-state index contributed by atoms with van der Waals surface area (Å²) in [6.45, 7) is 0.195. The minimum absolute atomic E-state index is 0.183. The molecule has 0 radical (unpaired) electrons. The molecule has 0 spiro atoms. The number of benzene rings is 1. The van der Waals surface area contributed by atoms with Crippen molar-refractivity contribution in [3.05, 3.63) is 30.3 Å². The summed E-state index contributed by atoms with van der Waals surface area (Å²) in [5.74, 6) is 0.248. The van der Waals surface area contributed by atoms with Crippen molar-refractivity contribution in [2.24, 2.45) is 0 Å². The summed E-state index contributed by atoms with van der Waals surface area (Å²) in [4.78, 5) is 10.8. The van der Waals surface area contributed by atoms with Gasteiger partial charge in [0.1, 0.15) is 6.61 Å². The molecule has 1 heterocycles. The number of esters is 1. The van der Waals surface area contributed by atoms with E-state index < -0.39 is 8.03 Å². The fourth-order valence-corrected chi connectivity index (χ4v) is 2.27. The number of hydrogen-bond acceptors (Lipinski definition) is 4. The summed E-state index contributed by atoms with van der Waals surface area (Å²) in [7, 11) is -1.88. The molecule has 0 bridgehead atoms. The lowest BCUT2D eigenvalue weighted by molar-refractivity contribution is -0.137. The average Bonchev–Trinajstić information content (AvgIpc) is 2.66. The smallest absolute Gasteiger partial charge is 0.461 e. The van der Waals surface area contributed by atoms with Crippen molar-refractivity contribution in [2.45, 2.75) is 12.1 Å². The molecule has 1 aromatic carbocycles. The van der Waals surface area contributed by atoms with Crippen molar-refractivity contribution in [3.8, 4) is 5.75 Å². The highest BCUT2D eigenvalue weighted by Crippen LogP contribution is 2.36. The fourth-order valence-electron chi connectivity index (χ4n) is 1.29. The summed E-state index contributed by atoms with van der Waals surface area (Å²) in [6.07, 6.45) is 0.183.